The lowest BCUT2D eigenvalue weighted by molar-refractivity contribution is 0.138. The fourth-order valence-corrected chi connectivity index (χ4v) is 1.06. The lowest BCUT2D eigenvalue weighted by atomic mass is 10.5. The fraction of sp³-hybridized carbons (Fsp3) is 0.556. The van der Waals surface area contributed by atoms with Crippen molar-refractivity contribution in [1.29, 1.82) is 0 Å². The van der Waals surface area contributed by atoms with Crippen LogP contribution in [0.4, 0.5) is 0 Å². The minimum absolute atomic E-state index is 0.806. The van der Waals surface area contributed by atoms with Gasteiger partial charge in [-0.05, 0) is 26.0 Å². The van der Waals surface area contributed by atoms with Crippen LogP contribution in [0.1, 0.15) is 12.6 Å². The molecular weight excluding hydrogens is 138 g/mol. The van der Waals surface area contributed by atoms with Gasteiger partial charge in [0.15, 0.2) is 0 Å². The second-order valence-corrected chi connectivity index (χ2v) is 2.54. The number of hydrogen-bond acceptors (Lipinski definition) is 1. The summed E-state index contributed by atoms with van der Waals surface area (Å²) in [5.74, 6) is 0. The highest BCUT2D eigenvalue weighted by atomic mass is 16.5. The van der Waals surface area contributed by atoms with Crippen LogP contribution >= 0.6 is 0 Å². The Morgan fingerprint density at radius 1 is 1.55 bits per heavy atom. The van der Waals surface area contributed by atoms with Crippen LogP contribution in [0.5, 0.6) is 0 Å². The van der Waals surface area contributed by atoms with E-state index in [-0.39, 0.29) is 0 Å². The zero-order valence-electron chi connectivity index (χ0n) is 7.21. The van der Waals surface area contributed by atoms with Crippen LogP contribution in [-0.4, -0.2) is 17.8 Å². The van der Waals surface area contributed by atoms with Gasteiger partial charge >= 0.3 is 0 Å². The maximum atomic E-state index is 5.24. The molecule has 0 aromatic carbocycles. The second-order valence-electron chi connectivity index (χ2n) is 2.54. The summed E-state index contributed by atoms with van der Waals surface area (Å²) >= 11 is 0. The minimum atomic E-state index is 0.806. The first-order valence-electron chi connectivity index (χ1n) is 4.04. The van der Waals surface area contributed by atoms with Crippen molar-refractivity contribution < 1.29 is 4.74 Å². The van der Waals surface area contributed by atoms with Crippen LogP contribution in [0.25, 0.3) is 0 Å². The van der Waals surface area contributed by atoms with Gasteiger partial charge < -0.3 is 9.30 Å². The first-order valence-corrected chi connectivity index (χ1v) is 4.04. The smallest absolute Gasteiger partial charge is 0.0645 e. The summed E-state index contributed by atoms with van der Waals surface area (Å²) < 4.78 is 7.43. The molecule has 0 aliphatic rings. The third kappa shape index (κ3) is 2.39. The number of nitrogens with zero attached hydrogens (tertiary/aromatic N) is 1. The average molecular weight is 153 g/mol. The first-order chi connectivity index (χ1) is 5.34. The highest BCUT2D eigenvalue weighted by molar-refractivity contribution is 5.03. The van der Waals surface area contributed by atoms with Crippen molar-refractivity contribution >= 4 is 0 Å². The Morgan fingerprint density at radius 2 is 2.36 bits per heavy atom. The van der Waals surface area contributed by atoms with Crippen LogP contribution < -0.4 is 0 Å². The summed E-state index contributed by atoms with van der Waals surface area (Å²) in [6, 6.07) is 4.16. The van der Waals surface area contributed by atoms with Gasteiger partial charge in [-0.3, -0.25) is 0 Å². The zero-order chi connectivity index (χ0) is 8.10. The summed E-state index contributed by atoms with van der Waals surface area (Å²) in [4.78, 5) is 0. The van der Waals surface area contributed by atoms with E-state index in [1.54, 1.807) is 0 Å². The Balaban J connectivity index is 2.32. The molecule has 11 heavy (non-hydrogen) atoms. The monoisotopic (exact) mass is 153 g/mol. The molecule has 0 bridgehead atoms. The number of aromatic nitrogens is 1. The van der Waals surface area contributed by atoms with Crippen LogP contribution in [0.2, 0.25) is 0 Å². The Kier molecular flexibility index (Phi) is 3.17. The molecule has 2 nitrogen and oxygen atoms in total. The summed E-state index contributed by atoms with van der Waals surface area (Å²) in [6.45, 7) is 6.70. The standard InChI is InChI=1S/C9H15NO/c1-3-11-8-7-10-6-4-5-9(10)2/h4-6H,3,7-8H2,1-2H3. The first kappa shape index (κ1) is 8.34. The molecule has 1 heterocycles. The van der Waals surface area contributed by atoms with Gasteiger partial charge in [0, 0.05) is 25.0 Å². The molecule has 0 unspecified atom stereocenters. The predicted octanol–water partition coefficient (Wildman–Crippen LogP) is 1.83. The summed E-state index contributed by atoms with van der Waals surface area (Å²) in [5, 5.41) is 0. The quantitative estimate of drug-likeness (QED) is 0.602. The molecule has 0 saturated heterocycles. The van der Waals surface area contributed by atoms with Crippen molar-refractivity contribution in [1.82, 2.24) is 4.57 Å². The summed E-state index contributed by atoms with van der Waals surface area (Å²) in [6.07, 6.45) is 2.08. The van der Waals surface area contributed by atoms with E-state index in [9.17, 15) is 0 Å². The number of hydrogen-bond donors (Lipinski definition) is 0. The Labute approximate surface area is 67.8 Å². The van der Waals surface area contributed by atoms with E-state index in [4.69, 9.17) is 4.74 Å². The van der Waals surface area contributed by atoms with Gasteiger partial charge in [-0.2, -0.15) is 0 Å². The van der Waals surface area contributed by atoms with Crippen LogP contribution in [0.15, 0.2) is 18.3 Å². The van der Waals surface area contributed by atoms with Gasteiger partial charge in [-0.15, -0.1) is 0 Å². The molecule has 1 rings (SSSR count). The van der Waals surface area contributed by atoms with Crippen molar-refractivity contribution in [2.24, 2.45) is 0 Å². The van der Waals surface area contributed by atoms with Crippen LogP contribution in [-0.2, 0) is 11.3 Å². The number of rotatable bonds is 4. The molecule has 0 aliphatic heterocycles. The third-order valence-corrected chi connectivity index (χ3v) is 1.74. The third-order valence-electron chi connectivity index (χ3n) is 1.74. The molecule has 2 heteroatoms. The number of aryl methyl sites for hydroxylation is 1. The largest absolute Gasteiger partial charge is 0.380 e. The molecule has 1 aromatic heterocycles. The Morgan fingerprint density at radius 3 is 2.91 bits per heavy atom. The average Bonchev–Trinajstić information content (AvgIpc) is 2.37. The predicted molar refractivity (Wildman–Crippen MR) is 45.7 cm³/mol. The lowest BCUT2D eigenvalue weighted by Gasteiger charge is -2.04. The van der Waals surface area contributed by atoms with Gasteiger partial charge in [0.05, 0.1) is 6.61 Å². The van der Waals surface area contributed by atoms with E-state index < -0.39 is 0 Å². The topological polar surface area (TPSA) is 14.2 Å². The van der Waals surface area contributed by atoms with E-state index in [1.165, 1.54) is 5.69 Å². The Bertz CT molecular complexity index is 205. The lowest BCUT2D eigenvalue weighted by Crippen LogP contribution is -2.05. The van der Waals surface area contributed by atoms with Gasteiger partial charge in [0.25, 0.3) is 0 Å². The van der Waals surface area contributed by atoms with Gasteiger partial charge in [0.1, 0.15) is 0 Å². The summed E-state index contributed by atoms with van der Waals surface area (Å²) in [5.41, 5.74) is 1.30. The molecule has 0 radical (unpaired) electrons. The van der Waals surface area contributed by atoms with E-state index in [0.717, 1.165) is 19.8 Å². The molecule has 0 N–H and O–H groups in total. The zero-order valence-corrected chi connectivity index (χ0v) is 7.21. The van der Waals surface area contributed by atoms with Crippen molar-refractivity contribution in [3.8, 4) is 0 Å². The highest BCUT2D eigenvalue weighted by Crippen LogP contribution is 1.98. The van der Waals surface area contributed by atoms with E-state index in [1.807, 2.05) is 6.92 Å². The SMILES string of the molecule is CCOCCn1cccc1C. The molecule has 0 spiro atoms. The van der Waals surface area contributed by atoms with E-state index in [0.29, 0.717) is 0 Å². The maximum absolute atomic E-state index is 5.24. The molecular formula is C9H15NO. The molecule has 1 aromatic rings. The van der Waals surface area contributed by atoms with Crippen LogP contribution in [0, 0.1) is 6.92 Å². The fourth-order valence-electron chi connectivity index (χ4n) is 1.06. The second kappa shape index (κ2) is 4.19. The number of ether oxygens (including phenoxy) is 1. The summed E-state index contributed by atoms with van der Waals surface area (Å²) in [7, 11) is 0. The minimum Gasteiger partial charge on any atom is -0.380 e. The highest BCUT2D eigenvalue weighted by Gasteiger charge is 1.92. The molecule has 0 fully saturated rings. The van der Waals surface area contributed by atoms with Gasteiger partial charge in [-0.1, -0.05) is 0 Å². The van der Waals surface area contributed by atoms with Gasteiger partial charge in [0.2, 0.25) is 0 Å². The molecule has 0 amide bonds. The van der Waals surface area contributed by atoms with Crippen LogP contribution in [0.3, 0.4) is 0 Å². The van der Waals surface area contributed by atoms with Crippen molar-refractivity contribution in [2.75, 3.05) is 13.2 Å². The van der Waals surface area contributed by atoms with Crippen molar-refractivity contribution in [2.45, 2.75) is 20.4 Å². The molecule has 0 saturated carbocycles. The molecule has 62 valence electrons. The van der Waals surface area contributed by atoms with Crippen molar-refractivity contribution in [3.05, 3.63) is 24.0 Å². The Hall–Kier alpha value is -0.760. The van der Waals surface area contributed by atoms with E-state index >= 15 is 0 Å². The maximum Gasteiger partial charge on any atom is 0.0645 e. The normalized spacial score (nSPS) is 10.4. The molecule has 0 atom stereocenters. The van der Waals surface area contributed by atoms with Gasteiger partial charge in [-0.25, -0.2) is 0 Å². The van der Waals surface area contributed by atoms with Crippen molar-refractivity contribution in [3.63, 3.8) is 0 Å². The molecule has 0 aliphatic carbocycles. The van der Waals surface area contributed by atoms with E-state index in [2.05, 4.69) is 29.8 Å².